The van der Waals surface area contributed by atoms with Crippen LogP contribution in [0, 0.1) is 5.92 Å². The summed E-state index contributed by atoms with van der Waals surface area (Å²) >= 11 is 7.22. The molecule has 2 rings (SSSR count). The monoisotopic (exact) mass is 287 g/mol. The molecular weight excluding hydrogens is 274 g/mol. The number of piperidine rings is 1. The molecule has 6 heteroatoms. The summed E-state index contributed by atoms with van der Waals surface area (Å²) in [5.41, 5.74) is 0. The first-order valence-corrected chi connectivity index (χ1v) is 7.00. The molecule has 98 valence electrons. The number of carboxylic acid groups (broad SMARTS) is 1. The van der Waals surface area contributed by atoms with Crippen LogP contribution >= 0.6 is 22.9 Å². The van der Waals surface area contributed by atoms with Gasteiger partial charge in [0.2, 0.25) is 5.91 Å². The molecule has 1 aromatic heterocycles. The highest BCUT2D eigenvalue weighted by Crippen LogP contribution is 2.23. The molecule has 1 saturated heterocycles. The van der Waals surface area contributed by atoms with Crippen molar-refractivity contribution in [3.63, 3.8) is 0 Å². The second kappa shape index (κ2) is 5.71. The number of likely N-dealkylation sites (tertiary alicyclic amines) is 1. The van der Waals surface area contributed by atoms with Crippen molar-refractivity contribution in [1.82, 2.24) is 4.90 Å². The van der Waals surface area contributed by atoms with Gasteiger partial charge in [-0.1, -0.05) is 11.6 Å². The van der Waals surface area contributed by atoms with Crippen molar-refractivity contribution < 1.29 is 14.7 Å². The van der Waals surface area contributed by atoms with Crippen molar-refractivity contribution in [3.8, 4) is 0 Å². The van der Waals surface area contributed by atoms with E-state index in [-0.39, 0.29) is 11.8 Å². The van der Waals surface area contributed by atoms with Gasteiger partial charge < -0.3 is 10.0 Å². The van der Waals surface area contributed by atoms with Gasteiger partial charge in [-0.2, -0.15) is 0 Å². The van der Waals surface area contributed by atoms with Gasteiger partial charge in [-0.15, -0.1) is 11.3 Å². The van der Waals surface area contributed by atoms with Crippen molar-refractivity contribution in [2.75, 3.05) is 13.1 Å². The van der Waals surface area contributed by atoms with Crippen LogP contribution < -0.4 is 0 Å². The molecule has 0 saturated carbocycles. The number of thiophene rings is 1. The van der Waals surface area contributed by atoms with Gasteiger partial charge in [-0.3, -0.25) is 9.59 Å². The van der Waals surface area contributed by atoms with Crippen LogP contribution in [0.15, 0.2) is 12.1 Å². The number of halogens is 1. The van der Waals surface area contributed by atoms with E-state index in [1.54, 1.807) is 11.0 Å². The molecule has 18 heavy (non-hydrogen) atoms. The first-order chi connectivity index (χ1) is 8.56. The third kappa shape index (κ3) is 3.23. The maximum atomic E-state index is 12.0. The van der Waals surface area contributed by atoms with Gasteiger partial charge in [0.1, 0.15) is 0 Å². The quantitative estimate of drug-likeness (QED) is 0.928. The van der Waals surface area contributed by atoms with E-state index >= 15 is 0 Å². The van der Waals surface area contributed by atoms with Gasteiger partial charge in [0.05, 0.1) is 16.7 Å². The lowest BCUT2D eigenvalue weighted by Crippen LogP contribution is -2.40. The van der Waals surface area contributed by atoms with Crippen LogP contribution in [0.4, 0.5) is 0 Å². The topological polar surface area (TPSA) is 57.6 Å². The van der Waals surface area contributed by atoms with E-state index in [4.69, 9.17) is 16.7 Å². The molecule has 2 heterocycles. The molecular formula is C12H14ClNO3S. The molecule has 0 unspecified atom stereocenters. The van der Waals surface area contributed by atoms with Crippen molar-refractivity contribution >= 4 is 34.8 Å². The first kappa shape index (κ1) is 13.4. The smallest absolute Gasteiger partial charge is 0.306 e. The lowest BCUT2D eigenvalue weighted by Gasteiger charge is -2.30. The lowest BCUT2D eigenvalue weighted by atomic mass is 9.97. The Labute approximate surface area is 114 Å². The van der Waals surface area contributed by atoms with Gasteiger partial charge >= 0.3 is 5.97 Å². The summed E-state index contributed by atoms with van der Waals surface area (Å²) in [6, 6.07) is 3.64. The van der Waals surface area contributed by atoms with Gasteiger partial charge in [-0.05, 0) is 25.0 Å². The third-order valence-corrected chi connectivity index (χ3v) is 4.38. The number of amides is 1. The van der Waals surface area contributed by atoms with Crippen LogP contribution in [-0.2, 0) is 16.0 Å². The van der Waals surface area contributed by atoms with Crippen molar-refractivity contribution in [2.45, 2.75) is 19.3 Å². The molecule has 1 N–H and O–H groups in total. The summed E-state index contributed by atoms with van der Waals surface area (Å²) < 4.78 is 0.683. The Morgan fingerprint density at radius 3 is 2.56 bits per heavy atom. The molecule has 1 amide bonds. The van der Waals surface area contributed by atoms with Crippen molar-refractivity contribution in [3.05, 3.63) is 21.3 Å². The SMILES string of the molecule is O=C(O)C1CCN(C(=O)Cc2ccc(Cl)s2)CC1. The summed E-state index contributed by atoms with van der Waals surface area (Å²) in [5, 5.41) is 8.88. The second-order valence-electron chi connectivity index (χ2n) is 4.38. The highest BCUT2D eigenvalue weighted by molar-refractivity contribution is 7.16. The van der Waals surface area contributed by atoms with Crippen molar-refractivity contribution in [1.29, 1.82) is 0 Å². The minimum atomic E-state index is -0.757. The maximum absolute atomic E-state index is 12.0. The summed E-state index contributed by atoms with van der Waals surface area (Å²) in [6.07, 6.45) is 1.45. The van der Waals surface area contributed by atoms with Crippen molar-refractivity contribution in [2.24, 2.45) is 5.92 Å². The summed E-state index contributed by atoms with van der Waals surface area (Å²) in [5.74, 6) is -1.00. The van der Waals surface area contributed by atoms with E-state index in [9.17, 15) is 9.59 Å². The average molecular weight is 288 g/mol. The minimum absolute atomic E-state index is 0.0531. The molecule has 0 aromatic carbocycles. The predicted octanol–water partition coefficient (Wildman–Crippen LogP) is 2.27. The Morgan fingerprint density at radius 2 is 2.06 bits per heavy atom. The van der Waals surface area contributed by atoms with E-state index in [2.05, 4.69) is 0 Å². The van der Waals surface area contributed by atoms with Crippen LogP contribution in [0.2, 0.25) is 4.34 Å². The molecule has 1 aliphatic rings. The number of hydrogen-bond acceptors (Lipinski definition) is 3. The lowest BCUT2D eigenvalue weighted by molar-refractivity contribution is -0.145. The van der Waals surface area contributed by atoms with Crippen LogP contribution in [0.3, 0.4) is 0 Å². The predicted molar refractivity (Wildman–Crippen MR) is 70.0 cm³/mol. The van der Waals surface area contributed by atoms with Gasteiger partial charge in [0.25, 0.3) is 0 Å². The Bertz CT molecular complexity index is 452. The summed E-state index contributed by atoms with van der Waals surface area (Å²) in [7, 11) is 0. The number of carbonyl (C=O) groups excluding carboxylic acids is 1. The average Bonchev–Trinajstić information content (AvgIpc) is 2.75. The van der Waals surface area contributed by atoms with Crippen LogP contribution in [0.5, 0.6) is 0 Å². The van der Waals surface area contributed by atoms with Crippen LogP contribution in [-0.4, -0.2) is 35.0 Å². The van der Waals surface area contributed by atoms with Gasteiger partial charge in [0, 0.05) is 18.0 Å². The van der Waals surface area contributed by atoms with E-state index in [0.717, 1.165) is 4.88 Å². The fraction of sp³-hybridized carbons (Fsp3) is 0.500. The number of aliphatic carboxylic acids is 1. The van der Waals surface area contributed by atoms with Gasteiger partial charge in [-0.25, -0.2) is 0 Å². The third-order valence-electron chi connectivity index (χ3n) is 3.15. The zero-order valence-electron chi connectivity index (χ0n) is 9.76. The molecule has 1 fully saturated rings. The highest BCUT2D eigenvalue weighted by Gasteiger charge is 2.26. The minimum Gasteiger partial charge on any atom is -0.481 e. The summed E-state index contributed by atoms with van der Waals surface area (Å²) in [6.45, 7) is 1.07. The fourth-order valence-electron chi connectivity index (χ4n) is 2.08. The molecule has 0 aliphatic carbocycles. The van der Waals surface area contributed by atoms with E-state index in [1.807, 2.05) is 6.07 Å². The van der Waals surface area contributed by atoms with E-state index in [0.29, 0.717) is 36.7 Å². The second-order valence-corrected chi connectivity index (χ2v) is 6.18. The van der Waals surface area contributed by atoms with Crippen LogP contribution in [0.25, 0.3) is 0 Å². The zero-order valence-corrected chi connectivity index (χ0v) is 11.3. The summed E-state index contributed by atoms with van der Waals surface area (Å²) in [4.78, 5) is 25.5. The number of nitrogens with zero attached hydrogens (tertiary/aromatic N) is 1. The molecule has 1 aromatic rings. The highest BCUT2D eigenvalue weighted by atomic mass is 35.5. The first-order valence-electron chi connectivity index (χ1n) is 5.81. The molecule has 4 nitrogen and oxygen atoms in total. The van der Waals surface area contributed by atoms with Gasteiger partial charge in [0.15, 0.2) is 0 Å². The number of rotatable bonds is 3. The largest absolute Gasteiger partial charge is 0.481 e. The van der Waals surface area contributed by atoms with E-state index in [1.165, 1.54) is 11.3 Å². The van der Waals surface area contributed by atoms with Crippen LogP contribution in [0.1, 0.15) is 17.7 Å². The van der Waals surface area contributed by atoms with E-state index < -0.39 is 5.97 Å². The Kier molecular flexibility index (Phi) is 4.24. The Morgan fingerprint density at radius 1 is 1.39 bits per heavy atom. The molecule has 0 radical (unpaired) electrons. The normalized spacial score (nSPS) is 16.8. The molecule has 0 atom stereocenters. The number of carboxylic acids is 1. The number of carbonyl (C=O) groups is 2. The fourth-order valence-corrected chi connectivity index (χ4v) is 3.16. The maximum Gasteiger partial charge on any atom is 0.306 e. The Balaban J connectivity index is 1.86. The molecule has 1 aliphatic heterocycles. The number of hydrogen-bond donors (Lipinski definition) is 1. The zero-order chi connectivity index (χ0) is 13.1. The molecule has 0 spiro atoms. The standard InChI is InChI=1S/C12H14ClNO3S/c13-10-2-1-9(18-10)7-11(15)14-5-3-8(4-6-14)12(16)17/h1-2,8H,3-7H2,(H,16,17). The molecule has 0 bridgehead atoms. The Hall–Kier alpha value is -1.07.